The molecular formula is C17H35NO. The molecule has 0 aromatic carbocycles. The molecule has 0 unspecified atom stereocenters. The minimum Gasteiger partial charge on any atom is -0.633 e. The van der Waals surface area contributed by atoms with Crippen molar-refractivity contribution in [3.8, 4) is 0 Å². The third-order valence-electron chi connectivity index (χ3n) is 4.48. The second-order valence-corrected chi connectivity index (χ2v) is 6.95. The molecule has 0 atom stereocenters. The highest BCUT2D eigenvalue weighted by Crippen LogP contribution is 2.19. The van der Waals surface area contributed by atoms with Crippen molar-refractivity contribution in [2.75, 3.05) is 19.6 Å². The van der Waals surface area contributed by atoms with E-state index in [2.05, 4.69) is 13.8 Å². The first kappa shape index (κ1) is 17.0. The van der Waals surface area contributed by atoms with Gasteiger partial charge in [0.25, 0.3) is 0 Å². The van der Waals surface area contributed by atoms with Gasteiger partial charge in [0.1, 0.15) is 0 Å². The van der Waals surface area contributed by atoms with Gasteiger partial charge in [-0.1, -0.05) is 52.4 Å². The van der Waals surface area contributed by atoms with Gasteiger partial charge < -0.3 is 9.85 Å². The average molecular weight is 269 g/mol. The van der Waals surface area contributed by atoms with Gasteiger partial charge in [-0.25, -0.2) is 0 Å². The van der Waals surface area contributed by atoms with Crippen LogP contribution in [0.25, 0.3) is 0 Å². The van der Waals surface area contributed by atoms with Crippen molar-refractivity contribution < 1.29 is 4.65 Å². The Morgan fingerprint density at radius 2 is 1.32 bits per heavy atom. The van der Waals surface area contributed by atoms with E-state index in [4.69, 9.17) is 0 Å². The number of hydrogen-bond donors (Lipinski definition) is 0. The molecule has 0 spiro atoms. The molecule has 2 nitrogen and oxygen atoms in total. The standard InChI is InChI=1S/C17H35NO/c1-17(2)13-9-6-4-3-5-7-10-14-18(19)15-11-8-12-16-18/h17H,3-16H2,1-2H3. The Labute approximate surface area is 120 Å². The number of likely N-dealkylation sites (tertiary alicyclic amines) is 1. The summed E-state index contributed by atoms with van der Waals surface area (Å²) in [6.07, 6.45) is 14.3. The average Bonchev–Trinajstić information content (AvgIpc) is 2.37. The second-order valence-electron chi connectivity index (χ2n) is 6.95. The molecule has 1 heterocycles. The summed E-state index contributed by atoms with van der Waals surface area (Å²) in [5, 5.41) is 12.3. The van der Waals surface area contributed by atoms with Gasteiger partial charge in [-0.15, -0.1) is 0 Å². The van der Waals surface area contributed by atoms with Crippen LogP contribution in [0, 0.1) is 11.1 Å². The molecule has 0 aromatic heterocycles. The van der Waals surface area contributed by atoms with Gasteiger partial charge in [0.15, 0.2) is 0 Å². The molecule has 1 saturated heterocycles. The van der Waals surface area contributed by atoms with E-state index in [1.807, 2.05) is 0 Å². The summed E-state index contributed by atoms with van der Waals surface area (Å²) in [5.74, 6) is 0.863. The molecule has 0 amide bonds. The molecule has 1 rings (SSSR count). The fourth-order valence-electron chi connectivity index (χ4n) is 3.15. The van der Waals surface area contributed by atoms with E-state index >= 15 is 0 Å². The van der Waals surface area contributed by atoms with Gasteiger partial charge in [-0.3, -0.25) is 0 Å². The monoisotopic (exact) mass is 269 g/mol. The molecule has 0 radical (unpaired) electrons. The van der Waals surface area contributed by atoms with Gasteiger partial charge in [0.05, 0.1) is 19.6 Å². The minimum absolute atomic E-state index is 0.119. The molecular weight excluding hydrogens is 234 g/mol. The van der Waals surface area contributed by atoms with Crippen LogP contribution in [0.2, 0.25) is 0 Å². The van der Waals surface area contributed by atoms with E-state index in [1.165, 1.54) is 51.4 Å². The highest BCUT2D eigenvalue weighted by molar-refractivity contribution is 4.55. The van der Waals surface area contributed by atoms with Crippen molar-refractivity contribution in [1.29, 1.82) is 0 Å². The predicted molar refractivity (Wildman–Crippen MR) is 83.9 cm³/mol. The Balaban J connectivity index is 1.85. The smallest absolute Gasteiger partial charge is 0.0783 e. The Kier molecular flexibility index (Phi) is 8.72. The summed E-state index contributed by atoms with van der Waals surface area (Å²) in [5.41, 5.74) is 0. The summed E-state index contributed by atoms with van der Waals surface area (Å²) in [6.45, 7) is 7.27. The maximum atomic E-state index is 12.3. The summed E-state index contributed by atoms with van der Waals surface area (Å²) in [4.78, 5) is 0. The lowest BCUT2D eigenvalue weighted by atomic mass is 10.0. The molecule has 0 bridgehead atoms. The fraction of sp³-hybridized carbons (Fsp3) is 1.00. The normalized spacial score (nSPS) is 18.9. The maximum absolute atomic E-state index is 12.3. The largest absolute Gasteiger partial charge is 0.633 e. The van der Waals surface area contributed by atoms with Gasteiger partial charge >= 0.3 is 0 Å². The van der Waals surface area contributed by atoms with Crippen molar-refractivity contribution in [3.05, 3.63) is 5.21 Å². The van der Waals surface area contributed by atoms with Crippen molar-refractivity contribution in [3.63, 3.8) is 0 Å². The lowest BCUT2D eigenvalue weighted by Crippen LogP contribution is -2.46. The first-order valence-electron chi connectivity index (χ1n) is 8.69. The lowest BCUT2D eigenvalue weighted by Gasteiger charge is -2.45. The molecule has 2 heteroatoms. The first-order valence-corrected chi connectivity index (χ1v) is 8.69. The van der Waals surface area contributed by atoms with E-state index in [0.717, 1.165) is 44.8 Å². The van der Waals surface area contributed by atoms with E-state index in [1.54, 1.807) is 0 Å². The zero-order chi connectivity index (χ0) is 14.0. The van der Waals surface area contributed by atoms with Gasteiger partial charge in [0, 0.05) is 0 Å². The topological polar surface area (TPSA) is 23.1 Å². The summed E-state index contributed by atoms with van der Waals surface area (Å²) in [7, 11) is 0. The third kappa shape index (κ3) is 8.65. The van der Waals surface area contributed by atoms with Crippen molar-refractivity contribution >= 4 is 0 Å². The molecule has 0 saturated carbocycles. The number of unbranched alkanes of at least 4 members (excludes halogenated alkanes) is 6. The van der Waals surface area contributed by atoms with Gasteiger partial charge in [-0.2, -0.15) is 0 Å². The van der Waals surface area contributed by atoms with Crippen molar-refractivity contribution in [2.45, 2.75) is 84.5 Å². The van der Waals surface area contributed by atoms with E-state index in [9.17, 15) is 5.21 Å². The molecule has 0 aromatic rings. The van der Waals surface area contributed by atoms with Crippen LogP contribution in [0.5, 0.6) is 0 Å². The van der Waals surface area contributed by atoms with Gasteiger partial charge in [-0.05, 0) is 38.0 Å². The SMILES string of the molecule is CC(C)CCCCCCCCC[N+]1([O-])CCCCC1. The van der Waals surface area contributed by atoms with E-state index < -0.39 is 0 Å². The van der Waals surface area contributed by atoms with Crippen molar-refractivity contribution in [1.82, 2.24) is 0 Å². The molecule has 1 aliphatic rings. The number of rotatable bonds is 10. The molecule has 1 aliphatic heterocycles. The first-order chi connectivity index (χ1) is 9.12. The highest BCUT2D eigenvalue weighted by atomic mass is 16.5. The number of quaternary nitrogens is 1. The van der Waals surface area contributed by atoms with E-state index in [-0.39, 0.29) is 4.65 Å². The fourth-order valence-corrected chi connectivity index (χ4v) is 3.15. The predicted octanol–water partition coefficient (Wildman–Crippen LogP) is 5.26. The third-order valence-corrected chi connectivity index (χ3v) is 4.48. The van der Waals surface area contributed by atoms with Gasteiger partial charge in [0.2, 0.25) is 0 Å². The van der Waals surface area contributed by atoms with Crippen LogP contribution in [0.3, 0.4) is 0 Å². The van der Waals surface area contributed by atoms with Crippen LogP contribution < -0.4 is 0 Å². The number of piperidine rings is 1. The molecule has 114 valence electrons. The zero-order valence-electron chi connectivity index (χ0n) is 13.3. The summed E-state index contributed by atoms with van der Waals surface area (Å²) in [6, 6.07) is 0. The zero-order valence-corrected chi connectivity index (χ0v) is 13.3. The molecule has 19 heavy (non-hydrogen) atoms. The van der Waals surface area contributed by atoms with Crippen molar-refractivity contribution in [2.24, 2.45) is 5.92 Å². The van der Waals surface area contributed by atoms with Crippen LogP contribution in [0.1, 0.15) is 84.5 Å². The highest BCUT2D eigenvalue weighted by Gasteiger charge is 2.19. The minimum atomic E-state index is 0.119. The van der Waals surface area contributed by atoms with Crippen LogP contribution in [-0.2, 0) is 0 Å². The lowest BCUT2D eigenvalue weighted by molar-refractivity contribution is -0.885. The molecule has 0 aliphatic carbocycles. The Morgan fingerprint density at radius 1 is 0.789 bits per heavy atom. The maximum Gasteiger partial charge on any atom is 0.0783 e. The molecule has 0 N–H and O–H groups in total. The molecule has 1 fully saturated rings. The van der Waals surface area contributed by atoms with Crippen LogP contribution in [-0.4, -0.2) is 24.3 Å². The van der Waals surface area contributed by atoms with Crippen LogP contribution in [0.4, 0.5) is 0 Å². The van der Waals surface area contributed by atoms with Crippen LogP contribution >= 0.6 is 0 Å². The Bertz CT molecular complexity index is 209. The quantitative estimate of drug-likeness (QED) is 0.301. The number of hydrogen-bond acceptors (Lipinski definition) is 1. The number of hydroxylamine groups is 3. The Hall–Kier alpha value is -0.0800. The van der Waals surface area contributed by atoms with Crippen LogP contribution in [0.15, 0.2) is 0 Å². The Morgan fingerprint density at radius 3 is 1.89 bits per heavy atom. The summed E-state index contributed by atoms with van der Waals surface area (Å²) >= 11 is 0. The second kappa shape index (κ2) is 9.77. The number of nitrogens with zero attached hydrogens (tertiary/aromatic N) is 1. The van der Waals surface area contributed by atoms with E-state index in [0.29, 0.717) is 0 Å². The summed E-state index contributed by atoms with van der Waals surface area (Å²) < 4.78 is 0.119.